The highest BCUT2D eigenvalue weighted by Gasteiger charge is 2.46. The molecule has 2 unspecified atom stereocenters. The number of amides is 1. The summed E-state index contributed by atoms with van der Waals surface area (Å²) >= 11 is 5.76. The Balaban J connectivity index is 1.33. The van der Waals surface area contributed by atoms with Crippen LogP contribution in [0.4, 0.5) is 0 Å². The molecule has 3 N–H and O–H groups in total. The van der Waals surface area contributed by atoms with E-state index < -0.39 is 0 Å². The van der Waals surface area contributed by atoms with E-state index in [9.17, 15) is 4.79 Å². The summed E-state index contributed by atoms with van der Waals surface area (Å²) in [7, 11) is 0. The second kappa shape index (κ2) is 11.3. The molecule has 2 aromatic carbocycles. The lowest BCUT2D eigenvalue weighted by Gasteiger charge is -2.50. The van der Waals surface area contributed by atoms with Crippen LogP contribution in [0.1, 0.15) is 61.8 Å². The van der Waals surface area contributed by atoms with Crippen molar-refractivity contribution in [2.75, 3.05) is 26.2 Å². The summed E-state index contributed by atoms with van der Waals surface area (Å²) in [6, 6.07) is 19.0. The van der Waals surface area contributed by atoms with Crippen molar-refractivity contribution in [2.45, 2.75) is 64.1 Å². The first-order chi connectivity index (χ1) is 16.4. The van der Waals surface area contributed by atoms with Gasteiger partial charge in [-0.1, -0.05) is 66.6 Å². The predicted octanol–water partition coefficient (Wildman–Crippen LogP) is 3.15. The van der Waals surface area contributed by atoms with E-state index in [-0.39, 0.29) is 24.0 Å². The second-order valence-electron chi connectivity index (χ2n) is 10.1. The molecule has 1 aliphatic carbocycles. The molecule has 5 nitrogen and oxygen atoms in total. The fraction of sp³-hybridized carbons (Fsp3) is 0.500. The van der Waals surface area contributed by atoms with Gasteiger partial charge >= 0.3 is 0 Å². The summed E-state index contributed by atoms with van der Waals surface area (Å²) in [5.41, 5.74) is 4.08. The maximum absolute atomic E-state index is 12.5. The molecule has 1 spiro atoms. The van der Waals surface area contributed by atoms with Gasteiger partial charge in [-0.25, -0.2) is 0 Å². The van der Waals surface area contributed by atoms with E-state index in [2.05, 4.69) is 46.7 Å². The Hall–Kier alpha value is -2.44. The number of nitrogens with zero attached hydrogens (tertiary/aromatic N) is 1. The summed E-state index contributed by atoms with van der Waals surface area (Å²) in [5, 5.41) is 7.01. The number of carbonyl (C=O) groups is 1. The first kappa shape index (κ1) is 24.7. The first-order valence-electron chi connectivity index (χ1n) is 12.7. The van der Waals surface area contributed by atoms with Crippen molar-refractivity contribution in [1.29, 1.82) is 0 Å². The van der Waals surface area contributed by atoms with Crippen LogP contribution in [0, 0.1) is 6.92 Å². The second-order valence-corrected chi connectivity index (χ2v) is 10.5. The van der Waals surface area contributed by atoms with Crippen LogP contribution in [-0.2, 0) is 11.3 Å². The van der Waals surface area contributed by atoms with Crippen LogP contribution in [0.5, 0.6) is 0 Å². The monoisotopic (exact) mass is 479 g/mol. The summed E-state index contributed by atoms with van der Waals surface area (Å²) in [4.78, 5) is 16.5. The lowest BCUT2D eigenvalue weighted by atomic mass is 9.78. The third-order valence-corrected chi connectivity index (χ3v) is 8.04. The topological polar surface area (TPSA) is 48.8 Å². The smallest absolute Gasteiger partial charge is 0.239 e. The molecule has 1 saturated carbocycles. The molecule has 1 saturated heterocycles. The molecule has 2 aliphatic rings. The number of hydrogen-bond donors (Lipinski definition) is 3. The summed E-state index contributed by atoms with van der Waals surface area (Å²) in [6.45, 7) is 8.42. The van der Waals surface area contributed by atoms with Gasteiger partial charge in [0.05, 0.1) is 32.2 Å². The number of piperazine rings is 1. The quantitative estimate of drug-likeness (QED) is 0.557. The van der Waals surface area contributed by atoms with Gasteiger partial charge in [0.15, 0.2) is 5.11 Å². The van der Waals surface area contributed by atoms with E-state index in [1.807, 2.05) is 37.3 Å². The Morgan fingerprint density at radius 2 is 1.79 bits per heavy atom. The maximum atomic E-state index is 12.5. The van der Waals surface area contributed by atoms with Crippen molar-refractivity contribution in [3.8, 4) is 0 Å². The molecule has 0 radical (unpaired) electrons. The number of benzene rings is 2. The van der Waals surface area contributed by atoms with Crippen molar-refractivity contribution in [2.24, 2.45) is 0 Å². The Morgan fingerprint density at radius 1 is 1.09 bits per heavy atom. The maximum Gasteiger partial charge on any atom is 0.239 e. The minimum absolute atomic E-state index is 0.0245. The molecule has 1 heterocycles. The zero-order valence-electron chi connectivity index (χ0n) is 20.6. The van der Waals surface area contributed by atoms with Gasteiger partial charge in [0.2, 0.25) is 5.91 Å². The van der Waals surface area contributed by atoms with Gasteiger partial charge < -0.3 is 20.4 Å². The van der Waals surface area contributed by atoms with E-state index in [1.54, 1.807) is 4.90 Å². The van der Waals surface area contributed by atoms with Crippen LogP contribution >= 0.6 is 12.2 Å². The Kier molecular flexibility index (Phi) is 8.22. The fourth-order valence-electron chi connectivity index (χ4n) is 5.62. The third kappa shape index (κ3) is 6.16. The molecule has 182 valence electrons. The zero-order chi connectivity index (χ0) is 24.0. The van der Waals surface area contributed by atoms with Gasteiger partial charge in [-0.3, -0.25) is 4.79 Å². The minimum atomic E-state index is -0.0327. The summed E-state index contributed by atoms with van der Waals surface area (Å²) in [6.07, 6.45) is 6.43. The van der Waals surface area contributed by atoms with Gasteiger partial charge in [-0.2, -0.15) is 0 Å². The molecular formula is C28H39N4OS+. The number of thiocarbonyl (C=S) groups is 1. The van der Waals surface area contributed by atoms with Gasteiger partial charge in [0.1, 0.15) is 12.1 Å². The summed E-state index contributed by atoms with van der Waals surface area (Å²) in [5.74, 6) is -0.0327. The zero-order valence-corrected chi connectivity index (χ0v) is 21.4. The predicted molar refractivity (Wildman–Crippen MR) is 142 cm³/mol. The number of carbonyl (C=O) groups excluding carboxylic acids is 1. The highest BCUT2D eigenvalue weighted by molar-refractivity contribution is 7.80. The molecule has 1 aliphatic heterocycles. The average molecular weight is 480 g/mol. The molecule has 2 atom stereocenters. The standard InChI is InChI=1S/C28H38N4OS/c1-22-11-13-24(14-12-22)20-32-18-17-31(21-28(32)15-7-4-8-16-28)27(34)29-19-26(33)30-23(2)25-9-5-3-6-10-25/h3,5-6,9-14,23H,4,7-8,15-21H2,1-2H3,(H,29,34)(H,30,33)/p+1. The highest BCUT2D eigenvalue weighted by Crippen LogP contribution is 2.28. The van der Waals surface area contributed by atoms with Gasteiger partial charge in [0.25, 0.3) is 0 Å². The lowest BCUT2D eigenvalue weighted by molar-refractivity contribution is -0.971. The van der Waals surface area contributed by atoms with E-state index in [1.165, 1.54) is 43.2 Å². The minimum Gasteiger partial charge on any atom is -0.353 e. The molecule has 2 aromatic rings. The SMILES string of the molecule is Cc1ccc(C[NH+]2CCN(C(=S)NCC(=O)NC(C)c3ccccc3)CC23CCCCC3)cc1. The molecule has 0 aromatic heterocycles. The molecule has 0 bridgehead atoms. The van der Waals surface area contributed by atoms with E-state index in [0.717, 1.165) is 31.7 Å². The number of aryl methyl sites for hydroxylation is 1. The summed E-state index contributed by atoms with van der Waals surface area (Å²) < 4.78 is 0. The van der Waals surface area contributed by atoms with E-state index in [0.29, 0.717) is 5.11 Å². The molecule has 1 amide bonds. The third-order valence-electron chi connectivity index (χ3n) is 7.64. The van der Waals surface area contributed by atoms with E-state index in [4.69, 9.17) is 12.2 Å². The van der Waals surface area contributed by atoms with Crippen molar-refractivity contribution >= 4 is 23.2 Å². The van der Waals surface area contributed by atoms with Gasteiger partial charge in [-0.05, 0) is 44.5 Å². The number of quaternary nitrogens is 1. The van der Waals surface area contributed by atoms with Crippen LogP contribution in [0.25, 0.3) is 0 Å². The van der Waals surface area contributed by atoms with Crippen molar-refractivity contribution in [3.63, 3.8) is 0 Å². The number of rotatable bonds is 6. The molecule has 6 heteroatoms. The van der Waals surface area contributed by atoms with E-state index >= 15 is 0 Å². The van der Waals surface area contributed by atoms with Crippen LogP contribution in [0.3, 0.4) is 0 Å². The van der Waals surface area contributed by atoms with Crippen LogP contribution < -0.4 is 15.5 Å². The molecule has 4 rings (SSSR count). The molecule has 2 fully saturated rings. The van der Waals surface area contributed by atoms with Crippen LogP contribution in [0.15, 0.2) is 54.6 Å². The largest absolute Gasteiger partial charge is 0.353 e. The van der Waals surface area contributed by atoms with Gasteiger partial charge in [-0.15, -0.1) is 0 Å². The Bertz CT molecular complexity index is 956. The van der Waals surface area contributed by atoms with Gasteiger partial charge in [0, 0.05) is 18.4 Å². The average Bonchev–Trinajstić information content (AvgIpc) is 2.86. The van der Waals surface area contributed by atoms with Crippen LogP contribution in [-0.4, -0.2) is 47.6 Å². The van der Waals surface area contributed by atoms with Crippen molar-refractivity contribution in [1.82, 2.24) is 15.5 Å². The fourth-order valence-corrected chi connectivity index (χ4v) is 5.85. The first-order valence-corrected chi connectivity index (χ1v) is 13.1. The Morgan fingerprint density at radius 3 is 2.50 bits per heavy atom. The Labute approximate surface area is 209 Å². The number of hydrogen-bond acceptors (Lipinski definition) is 2. The van der Waals surface area contributed by atoms with Crippen molar-refractivity contribution < 1.29 is 9.69 Å². The lowest BCUT2D eigenvalue weighted by Crippen LogP contribution is -3.22. The molecule has 34 heavy (non-hydrogen) atoms. The molecular weight excluding hydrogens is 440 g/mol. The highest BCUT2D eigenvalue weighted by atomic mass is 32.1. The normalized spacial score (nSPS) is 20.5. The van der Waals surface area contributed by atoms with Crippen LogP contribution in [0.2, 0.25) is 0 Å². The van der Waals surface area contributed by atoms with Crippen molar-refractivity contribution in [3.05, 3.63) is 71.3 Å². The number of nitrogens with one attached hydrogen (secondary N) is 3.